The molecule has 0 spiro atoms. The summed E-state index contributed by atoms with van der Waals surface area (Å²) in [6, 6.07) is 3.46. The van der Waals surface area contributed by atoms with Crippen LogP contribution in [0.4, 0.5) is 4.39 Å². The van der Waals surface area contributed by atoms with E-state index in [0.29, 0.717) is 12.0 Å². The quantitative estimate of drug-likeness (QED) is 0.826. The Morgan fingerprint density at radius 2 is 1.95 bits per heavy atom. The van der Waals surface area contributed by atoms with Crippen molar-refractivity contribution in [2.45, 2.75) is 46.2 Å². The van der Waals surface area contributed by atoms with Gasteiger partial charge in [-0.1, -0.05) is 13.8 Å². The highest BCUT2D eigenvalue weighted by Crippen LogP contribution is 2.14. The van der Waals surface area contributed by atoms with Gasteiger partial charge in [0.15, 0.2) is 0 Å². The van der Waals surface area contributed by atoms with Crippen molar-refractivity contribution < 1.29 is 4.39 Å². The van der Waals surface area contributed by atoms with E-state index in [1.165, 1.54) is 12.3 Å². The second-order valence-electron chi connectivity index (χ2n) is 5.78. The molecule has 1 aromatic rings. The van der Waals surface area contributed by atoms with Gasteiger partial charge in [-0.25, -0.2) is 4.39 Å². The van der Waals surface area contributed by atoms with E-state index >= 15 is 0 Å². The molecule has 0 saturated carbocycles. The van der Waals surface area contributed by atoms with Crippen LogP contribution in [0.3, 0.4) is 0 Å². The molecule has 1 heterocycles. The third-order valence-electron chi connectivity index (χ3n) is 3.19. The average Bonchev–Trinajstić information content (AvgIpc) is 2.34. The molecule has 2 N–H and O–H groups in total. The molecule has 0 aromatic carbocycles. The first-order valence-electron chi connectivity index (χ1n) is 7.01. The minimum absolute atomic E-state index is 0.131. The number of nitrogens with zero attached hydrogens (tertiary/aromatic N) is 2. The van der Waals surface area contributed by atoms with Gasteiger partial charge in [0.05, 0.1) is 11.9 Å². The smallest absolute Gasteiger partial charge is 0.141 e. The van der Waals surface area contributed by atoms with Crippen molar-refractivity contribution in [3.05, 3.63) is 29.8 Å². The molecular formula is C15H26FN3. The lowest BCUT2D eigenvalue weighted by molar-refractivity contribution is 0.191. The summed E-state index contributed by atoms with van der Waals surface area (Å²) in [5, 5.41) is 0. The summed E-state index contributed by atoms with van der Waals surface area (Å²) >= 11 is 0. The van der Waals surface area contributed by atoms with Crippen LogP contribution in [0.5, 0.6) is 0 Å². The van der Waals surface area contributed by atoms with Crippen LogP contribution in [0.2, 0.25) is 0 Å². The molecule has 4 heteroatoms. The number of pyridine rings is 1. The van der Waals surface area contributed by atoms with Crippen molar-refractivity contribution in [2.75, 3.05) is 13.1 Å². The average molecular weight is 267 g/mol. The summed E-state index contributed by atoms with van der Waals surface area (Å²) in [5.74, 6) is 0.321. The highest BCUT2D eigenvalue weighted by atomic mass is 19.1. The largest absolute Gasteiger partial charge is 0.323 e. The molecule has 0 saturated heterocycles. The first kappa shape index (κ1) is 16.1. The van der Waals surface area contributed by atoms with Gasteiger partial charge in [0.1, 0.15) is 5.82 Å². The minimum Gasteiger partial charge on any atom is -0.323 e. The summed E-state index contributed by atoms with van der Waals surface area (Å²) < 4.78 is 12.8. The van der Waals surface area contributed by atoms with Crippen LogP contribution in [0.1, 0.15) is 45.9 Å². The Balaban J connectivity index is 2.51. The fraction of sp³-hybridized carbons (Fsp3) is 0.667. The third kappa shape index (κ3) is 5.66. The first-order chi connectivity index (χ1) is 8.90. The molecule has 0 aliphatic rings. The van der Waals surface area contributed by atoms with Gasteiger partial charge in [0.25, 0.3) is 0 Å². The van der Waals surface area contributed by atoms with Gasteiger partial charge >= 0.3 is 0 Å². The zero-order valence-corrected chi connectivity index (χ0v) is 12.4. The number of aromatic nitrogens is 1. The van der Waals surface area contributed by atoms with Crippen LogP contribution in [0, 0.1) is 11.7 Å². The van der Waals surface area contributed by atoms with E-state index in [1.807, 2.05) is 0 Å². The molecule has 1 unspecified atom stereocenters. The zero-order chi connectivity index (χ0) is 14.4. The Kier molecular flexibility index (Phi) is 6.38. The molecule has 0 fully saturated rings. The topological polar surface area (TPSA) is 42.1 Å². The number of nitrogens with two attached hydrogens (primary N) is 1. The van der Waals surface area contributed by atoms with Gasteiger partial charge in [-0.2, -0.15) is 0 Å². The fourth-order valence-electron chi connectivity index (χ4n) is 2.09. The Bertz CT molecular complexity index is 362. The molecule has 0 bridgehead atoms. The van der Waals surface area contributed by atoms with Crippen LogP contribution in [-0.4, -0.2) is 29.0 Å². The SMILES string of the molecule is CC(C)CN(CCC(N)c1ccc(F)cn1)C(C)C. The first-order valence-corrected chi connectivity index (χ1v) is 7.01. The van der Waals surface area contributed by atoms with Crippen molar-refractivity contribution in [1.29, 1.82) is 0 Å². The van der Waals surface area contributed by atoms with E-state index < -0.39 is 0 Å². The lowest BCUT2D eigenvalue weighted by Gasteiger charge is -2.29. The summed E-state index contributed by atoms with van der Waals surface area (Å²) in [4.78, 5) is 6.47. The van der Waals surface area contributed by atoms with Crippen LogP contribution in [0.25, 0.3) is 0 Å². The van der Waals surface area contributed by atoms with Gasteiger partial charge in [-0.15, -0.1) is 0 Å². The van der Waals surface area contributed by atoms with Crippen molar-refractivity contribution in [3.8, 4) is 0 Å². The maximum atomic E-state index is 12.8. The second-order valence-corrected chi connectivity index (χ2v) is 5.78. The standard InChI is InChI=1S/C15H26FN3/c1-11(2)10-19(12(3)4)8-7-14(17)15-6-5-13(16)9-18-15/h5-6,9,11-12,14H,7-8,10,17H2,1-4H3. The van der Waals surface area contributed by atoms with Gasteiger partial charge < -0.3 is 10.6 Å². The van der Waals surface area contributed by atoms with Crippen LogP contribution in [0.15, 0.2) is 18.3 Å². The predicted molar refractivity (Wildman–Crippen MR) is 77.3 cm³/mol. The van der Waals surface area contributed by atoms with Crippen molar-refractivity contribution >= 4 is 0 Å². The highest BCUT2D eigenvalue weighted by Gasteiger charge is 2.14. The van der Waals surface area contributed by atoms with E-state index in [9.17, 15) is 4.39 Å². The number of rotatable bonds is 7. The van der Waals surface area contributed by atoms with Crippen LogP contribution in [-0.2, 0) is 0 Å². The molecule has 1 rings (SSSR count). The van der Waals surface area contributed by atoms with E-state index in [2.05, 4.69) is 37.6 Å². The number of halogens is 1. The van der Waals surface area contributed by atoms with Crippen molar-refractivity contribution in [2.24, 2.45) is 11.7 Å². The third-order valence-corrected chi connectivity index (χ3v) is 3.19. The predicted octanol–water partition coefficient (Wildman–Crippen LogP) is 2.98. The lowest BCUT2D eigenvalue weighted by atomic mass is 10.1. The number of hydrogen-bond acceptors (Lipinski definition) is 3. The summed E-state index contributed by atoms with van der Waals surface area (Å²) in [6.07, 6.45) is 2.06. The Morgan fingerprint density at radius 1 is 1.26 bits per heavy atom. The fourth-order valence-corrected chi connectivity index (χ4v) is 2.09. The van der Waals surface area contributed by atoms with Gasteiger partial charge in [-0.05, 0) is 38.3 Å². The zero-order valence-electron chi connectivity index (χ0n) is 12.4. The van der Waals surface area contributed by atoms with E-state index in [4.69, 9.17) is 5.73 Å². The van der Waals surface area contributed by atoms with E-state index in [1.54, 1.807) is 6.07 Å². The highest BCUT2D eigenvalue weighted by molar-refractivity contribution is 5.09. The molecule has 1 aromatic heterocycles. The van der Waals surface area contributed by atoms with Gasteiger partial charge in [0.2, 0.25) is 0 Å². The molecule has 1 atom stereocenters. The molecule has 0 amide bonds. The molecule has 0 aliphatic carbocycles. The molecular weight excluding hydrogens is 241 g/mol. The summed E-state index contributed by atoms with van der Waals surface area (Å²) in [5.41, 5.74) is 6.87. The second kappa shape index (κ2) is 7.56. The van der Waals surface area contributed by atoms with Crippen molar-refractivity contribution in [3.63, 3.8) is 0 Å². The molecule has 3 nitrogen and oxygen atoms in total. The molecule has 19 heavy (non-hydrogen) atoms. The molecule has 0 radical (unpaired) electrons. The van der Waals surface area contributed by atoms with E-state index in [0.717, 1.165) is 25.2 Å². The Hall–Kier alpha value is -1.00. The Labute approximate surface area is 116 Å². The molecule has 108 valence electrons. The number of hydrogen-bond donors (Lipinski definition) is 1. The summed E-state index contributed by atoms with van der Waals surface area (Å²) in [7, 11) is 0. The monoisotopic (exact) mass is 267 g/mol. The van der Waals surface area contributed by atoms with Crippen molar-refractivity contribution in [1.82, 2.24) is 9.88 Å². The van der Waals surface area contributed by atoms with Gasteiger partial charge in [0, 0.05) is 25.2 Å². The van der Waals surface area contributed by atoms with Crippen LogP contribution < -0.4 is 5.73 Å². The van der Waals surface area contributed by atoms with Gasteiger partial charge in [-0.3, -0.25) is 4.98 Å². The van der Waals surface area contributed by atoms with Crippen LogP contribution >= 0.6 is 0 Å². The Morgan fingerprint density at radius 3 is 2.42 bits per heavy atom. The normalized spacial score (nSPS) is 13.5. The molecule has 0 aliphatic heterocycles. The lowest BCUT2D eigenvalue weighted by Crippen LogP contribution is -2.36. The van der Waals surface area contributed by atoms with E-state index in [-0.39, 0.29) is 11.9 Å². The maximum Gasteiger partial charge on any atom is 0.141 e. The maximum absolute atomic E-state index is 12.8. The minimum atomic E-state index is -0.320. The summed E-state index contributed by atoms with van der Waals surface area (Å²) in [6.45, 7) is 10.8.